The van der Waals surface area contributed by atoms with Gasteiger partial charge in [-0.05, 0) is 35.4 Å². The molecule has 2 rings (SSSR count). The molecule has 2 aromatic rings. The van der Waals surface area contributed by atoms with Crippen molar-refractivity contribution < 1.29 is 9.84 Å². The molecule has 0 atom stereocenters. The van der Waals surface area contributed by atoms with E-state index in [0.29, 0.717) is 15.8 Å². The highest BCUT2D eigenvalue weighted by molar-refractivity contribution is 6.42. The second kappa shape index (κ2) is 4.86. The predicted molar refractivity (Wildman–Crippen MR) is 70.1 cm³/mol. The van der Waals surface area contributed by atoms with Crippen molar-refractivity contribution in [2.75, 3.05) is 7.11 Å². The number of aromatic hydroxyl groups is 1. The molecule has 0 unspecified atom stereocenters. The molecule has 4 heteroatoms. The number of phenolic OH excluding ortho intramolecular Hbond substituents is 1. The summed E-state index contributed by atoms with van der Waals surface area (Å²) in [6, 6.07) is 10.5. The van der Waals surface area contributed by atoms with E-state index in [2.05, 4.69) is 0 Å². The molecule has 0 aliphatic heterocycles. The van der Waals surface area contributed by atoms with Gasteiger partial charge in [0.05, 0.1) is 17.2 Å². The highest BCUT2D eigenvalue weighted by Gasteiger charge is 2.06. The fourth-order valence-electron chi connectivity index (χ4n) is 1.53. The Morgan fingerprint density at radius 2 is 1.59 bits per heavy atom. The molecule has 0 radical (unpaired) electrons. The molecule has 0 amide bonds. The minimum Gasteiger partial charge on any atom is -0.504 e. The van der Waals surface area contributed by atoms with Crippen LogP contribution < -0.4 is 4.74 Å². The molecule has 0 saturated carbocycles. The number of phenols is 1. The van der Waals surface area contributed by atoms with Crippen LogP contribution in [0.15, 0.2) is 36.4 Å². The molecule has 0 aliphatic rings. The van der Waals surface area contributed by atoms with Crippen LogP contribution in [0, 0.1) is 0 Å². The average Bonchev–Trinajstić information content (AvgIpc) is 2.33. The lowest BCUT2D eigenvalue weighted by molar-refractivity contribution is 0.373. The Balaban J connectivity index is 2.49. The summed E-state index contributed by atoms with van der Waals surface area (Å²) in [6.45, 7) is 0. The van der Waals surface area contributed by atoms with Gasteiger partial charge in [-0.3, -0.25) is 0 Å². The minimum atomic E-state index is 0.108. The Morgan fingerprint density at radius 1 is 0.941 bits per heavy atom. The molecule has 0 heterocycles. The summed E-state index contributed by atoms with van der Waals surface area (Å²) in [6.07, 6.45) is 0. The molecule has 0 bridgehead atoms. The Morgan fingerprint density at radius 3 is 2.24 bits per heavy atom. The van der Waals surface area contributed by atoms with Gasteiger partial charge in [-0.2, -0.15) is 0 Å². The van der Waals surface area contributed by atoms with E-state index in [1.165, 1.54) is 7.11 Å². The number of benzene rings is 2. The predicted octanol–water partition coefficient (Wildman–Crippen LogP) is 4.37. The van der Waals surface area contributed by atoms with Gasteiger partial charge in [-0.25, -0.2) is 0 Å². The molecule has 0 aromatic heterocycles. The van der Waals surface area contributed by atoms with Crippen molar-refractivity contribution >= 4 is 23.2 Å². The SMILES string of the molecule is COc1cc(-c2ccc(Cl)c(Cl)c2)ccc1O. The summed E-state index contributed by atoms with van der Waals surface area (Å²) in [5.74, 6) is 0.532. The topological polar surface area (TPSA) is 29.5 Å². The molecule has 0 aliphatic carbocycles. The maximum absolute atomic E-state index is 9.51. The molecule has 0 saturated heterocycles. The third kappa shape index (κ3) is 2.48. The zero-order chi connectivity index (χ0) is 12.4. The molecule has 0 fully saturated rings. The van der Waals surface area contributed by atoms with Crippen molar-refractivity contribution in [2.45, 2.75) is 0 Å². The van der Waals surface area contributed by atoms with Gasteiger partial charge >= 0.3 is 0 Å². The Hall–Kier alpha value is -1.38. The van der Waals surface area contributed by atoms with E-state index < -0.39 is 0 Å². The highest BCUT2D eigenvalue weighted by Crippen LogP contribution is 2.33. The van der Waals surface area contributed by atoms with E-state index in [9.17, 15) is 5.11 Å². The van der Waals surface area contributed by atoms with E-state index in [1.807, 2.05) is 6.07 Å². The zero-order valence-electron chi connectivity index (χ0n) is 9.08. The summed E-state index contributed by atoms with van der Waals surface area (Å²) in [7, 11) is 1.51. The lowest BCUT2D eigenvalue weighted by atomic mass is 10.1. The molecular weight excluding hydrogens is 259 g/mol. The monoisotopic (exact) mass is 268 g/mol. The average molecular weight is 269 g/mol. The maximum atomic E-state index is 9.51. The first-order valence-corrected chi connectivity index (χ1v) is 5.70. The number of hydrogen-bond donors (Lipinski definition) is 1. The largest absolute Gasteiger partial charge is 0.504 e. The van der Waals surface area contributed by atoms with Gasteiger partial charge in [-0.1, -0.05) is 35.3 Å². The first kappa shape index (κ1) is 12.1. The van der Waals surface area contributed by atoms with Crippen LogP contribution in [0.25, 0.3) is 11.1 Å². The van der Waals surface area contributed by atoms with Crippen LogP contribution in [0.4, 0.5) is 0 Å². The summed E-state index contributed by atoms with van der Waals surface area (Å²) in [5.41, 5.74) is 1.82. The molecule has 88 valence electrons. The Bertz CT molecular complexity index is 553. The Kier molecular flexibility index (Phi) is 3.46. The molecular formula is C13H10Cl2O2. The second-order valence-corrected chi connectivity index (χ2v) is 4.33. The number of methoxy groups -OCH3 is 1. The van der Waals surface area contributed by atoms with Gasteiger partial charge in [0.1, 0.15) is 0 Å². The minimum absolute atomic E-state index is 0.108. The molecule has 2 nitrogen and oxygen atoms in total. The van der Waals surface area contributed by atoms with Crippen LogP contribution in [0.3, 0.4) is 0 Å². The number of halogens is 2. The van der Waals surface area contributed by atoms with Crippen LogP contribution in [0.5, 0.6) is 11.5 Å². The molecule has 0 spiro atoms. The second-order valence-electron chi connectivity index (χ2n) is 3.52. The van der Waals surface area contributed by atoms with E-state index >= 15 is 0 Å². The van der Waals surface area contributed by atoms with Gasteiger partial charge in [0.15, 0.2) is 11.5 Å². The van der Waals surface area contributed by atoms with Gasteiger partial charge in [0, 0.05) is 0 Å². The van der Waals surface area contributed by atoms with Gasteiger partial charge in [-0.15, -0.1) is 0 Å². The summed E-state index contributed by atoms with van der Waals surface area (Å²) in [4.78, 5) is 0. The fraction of sp³-hybridized carbons (Fsp3) is 0.0769. The van der Waals surface area contributed by atoms with E-state index in [4.69, 9.17) is 27.9 Å². The molecule has 1 N–H and O–H groups in total. The number of hydrogen-bond acceptors (Lipinski definition) is 2. The fourth-order valence-corrected chi connectivity index (χ4v) is 1.83. The van der Waals surface area contributed by atoms with E-state index in [0.717, 1.165) is 11.1 Å². The lowest BCUT2D eigenvalue weighted by Gasteiger charge is -2.07. The van der Waals surface area contributed by atoms with Crippen molar-refractivity contribution in [2.24, 2.45) is 0 Å². The van der Waals surface area contributed by atoms with Crippen LogP contribution in [-0.2, 0) is 0 Å². The summed E-state index contributed by atoms with van der Waals surface area (Å²) < 4.78 is 5.05. The summed E-state index contributed by atoms with van der Waals surface area (Å²) >= 11 is 11.8. The van der Waals surface area contributed by atoms with Gasteiger partial charge < -0.3 is 9.84 Å². The van der Waals surface area contributed by atoms with E-state index in [-0.39, 0.29) is 5.75 Å². The van der Waals surface area contributed by atoms with Crippen molar-refractivity contribution in [3.8, 4) is 22.6 Å². The third-order valence-corrected chi connectivity index (χ3v) is 3.17. The van der Waals surface area contributed by atoms with Crippen molar-refractivity contribution in [3.63, 3.8) is 0 Å². The summed E-state index contributed by atoms with van der Waals surface area (Å²) in [5, 5.41) is 10.5. The van der Waals surface area contributed by atoms with Gasteiger partial charge in [0.25, 0.3) is 0 Å². The zero-order valence-corrected chi connectivity index (χ0v) is 10.6. The van der Waals surface area contributed by atoms with Crippen molar-refractivity contribution in [1.29, 1.82) is 0 Å². The van der Waals surface area contributed by atoms with Crippen LogP contribution in [-0.4, -0.2) is 12.2 Å². The first-order chi connectivity index (χ1) is 8.11. The quantitative estimate of drug-likeness (QED) is 0.876. The van der Waals surface area contributed by atoms with Crippen molar-refractivity contribution in [3.05, 3.63) is 46.4 Å². The smallest absolute Gasteiger partial charge is 0.161 e. The first-order valence-electron chi connectivity index (χ1n) is 4.94. The Labute approximate surface area is 109 Å². The lowest BCUT2D eigenvalue weighted by Crippen LogP contribution is -1.85. The van der Waals surface area contributed by atoms with E-state index in [1.54, 1.807) is 30.3 Å². The standard InChI is InChI=1S/C13H10Cl2O2/c1-17-13-7-9(3-5-12(13)16)8-2-4-10(14)11(15)6-8/h2-7,16H,1H3. The van der Waals surface area contributed by atoms with Crippen LogP contribution >= 0.6 is 23.2 Å². The molecule has 2 aromatic carbocycles. The normalized spacial score (nSPS) is 10.3. The third-order valence-electron chi connectivity index (χ3n) is 2.43. The number of rotatable bonds is 2. The maximum Gasteiger partial charge on any atom is 0.161 e. The van der Waals surface area contributed by atoms with Crippen LogP contribution in [0.2, 0.25) is 10.0 Å². The van der Waals surface area contributed by atoms with Gasteiger partial charge in [0.2, 0.25) is 0 Å². The highest BCUT2D eigenvalue weighted by atomic mass is 35.5. The van der Waals surface area contributed by atoms with Crippen LogP contribution in [0.1, 0.15) is 0 Å². The van der Waals surface area contributed by atoms with Crippen molar-refractivity contribution in [1.82, 2.24) is 0 Å². The molecule has 17 heavy (non-hydrogen) atoms. The number of ether oxygens (including phenoxy) is 1.